The number of carbonyl (C=O) groups excluding carboxylic acids is 2. The zero-order valence-corrected chi connectivity index (χ0v) is 60.0. The zero-order chi connectivity index (χ0) is 70.9. The lowest BCUT2D eigenvalue weighted by Crippen LogP contribution is -2.32. The highest BCUT2D eigenvalue weighted by Crippen LogP contribution is 2.32. The number of hydrogen-bond donors (Lipinski definition) is 0. The van der Waals surface area contributed by atoms with E-state index in [1.165, 1.54) is 16.9 Å². The van der Waals surface area contributed by atoms with Gasteiger partial charge in [-0.2, -0.15) is 0 Å². The van der Waals surface area contributed by atoms with Gasteiger partial charge in [-0.3, -0.25) is 29.4 Å². The van der Waals surface area contributed by atoms with E-state index >= 15 is 0 Å². The van der Waals surface area contributed by atoms with E-state index in [2.05, 4.69) is 56.3 Å². The molecule has 7 aromatic carbocycles. The summed E-state index contributed by atoms with van der Waals surface area (Å²) in [5.41, 5.74) is 11.2. The highest BCUT2D eigenvalue weighted by molar-refractivity contribution is 7.12. The summed E-state index contributed by atoms with van der Waals surface area (Å²) in [5.74, 6) is 3.43. The SMILES string of the molecule is COC1=CC(CN(CCc2ccccn2)Cc2ccccc2Cl)=CCC1OCc1ccccc1.COc1cc(CN(CCc2ccccn2)C(=O)c2ccc(Cl)cc2)ccc1OCc1ccccc1.COc1cc(CN(CCc2ccccn2)C(=O)c2cccs2)ccc1OCc1ccccc1. The van der Waals surface area contributed by atoms with Crippen molar-refractivity contribution >= 4 is 46.4 Å². The van der Waals surface area contributed by atoms with E-state index in [0.717, 1.165) is 98.6 Å². The lowest BCUT2D eigenvalue weighted by molar-refractivity contribution is 0.0288. The summed E-state index contributed by atoms with van der Waals surface area (Å²) in [6, 6.07) is 78.3. The van der Waals surface area contributed by atoms with Gasteiger partial charge in [0, 0.05) is 116 Å². The molecule has 0 N–H and O–H groups in total. The minimum absolute atomic E-state index is 0.0179. The maximum atomic E-state index is 13.4. The molecule has 17 heteroatoms. The molecule has 102 heavy (non-hydrogen) atoms. The van der Waals surface area contributed by atoms with Crippen LogP contribution in [0.2, 0.25) is 10.0 Å². The average molecular weight is 1420 g/mol. The minimum Gasteiger partial charge on any atom is -0.498 e. The fraction of sp³-hybridized carbons (Fsp3) is 0.212. The summed E-state index contributed by atoms with van der Waals surface area (Å²) >= 11 is 14.0. The molecule has 0 fully saturated rings. The third-order valence-electron chi connectivity index (χ3n) is 16.7. The normalized spacial score (nSPS) is 12.3. The third-order valence-corrected chi connectivity index (χ3v) is 18.2. The van der Waals surface area contributed by atoms with Gasteiger partial charge in [0.15, 0.2) is 23.0 Å². The van der Waals surface area contributed by atoms with E-state index in [4.69, 9.17) is 51.6 Å². The second kappa shape index (κ2) is 40.2. The van der Waals surface area contributed by atoms with Crippen molar-refractivity contribution in [2.45, 2.75) is 71.2 Å². The molecule has 0 spiro atoms. The predicted octanol–water partition coefficient (Wildman–Crippen LogP) is 18.0. The molecule has 0 saturated carbocycles. The van der Waals surface area contributed by atoms with Crippen molar-refractivity contribution in [3.05, 3.63) is 361 Å². The van der Waals surface area contributed by atoms with Crippen molar-refractivity contribution in [2.24, 2.45) is 0 Å². The first kappa shape index (κ1) is 74.3. The van der Waals surface area contributed by atoms with Gasteiger partial charge < -0.3 is 38.2 Å². The molecule has 1 unspecified atom stereocenters. The molecule has 12 rings (SSSR count). The number of thiophene rings is 1. The van der Waals surface area contributed by atoms with Gasteiger partial charge in [-0.25, -0.2) is 0 Å². The number of ether oxygens (including phenoxy) is 6. The van der Waals surface area contributed by atoms with Gasteiger partial charge in [-0.15, -0.1) is 11.3 Å². The van der Waals surface area contributed by atoms with Gasteiger partial charge in [0.2, 0.25) is 0 Å². The van der Waals surface area contributed by atoms with Gasteiger partial charge in [-0.1, -0.05) is 175 Å². The highest BCUT2D eigenvalue weighted by Gasteiger charge is 2.24. The van der Waals surface area contributed by atoms with E-state index in [-0.39, 0.29) is 17.9 Å². The fourth-order valence-corrected chi connectivity index (χ4v) is 12.3. The van der Waals surface area contributed by atoms with Crippen LogP contribution in [0.5, 0.6) is 23.0 Å². The van der Waals surface area contributed by atoms with Crippen LogP contribution < -0.4 is 18.9 Å². The molecule has 522 valence electrons. The monoisotopic (exact) mass is 1420 g/mol. The summed E-state index contributed by atoms with van der Waals surface area (Å²) in [4.78, 5) is 46.6. The molecule has 0 aliphatic heterocycles. The summed E-state index contributed by atoms with van der Waals surface area (Å²) in [6.45, 7) is 5.91. The minimum atomic E-state index is -0.0699. The van der Waals surface area contributed by atoms with E-state index in [0.29, 0.717) is 92.4 Å². The van der Waals surface area contributed by atoms with E-state index < -0.39 is 0 Å². The van der Waals surface area contributed by atoms with Crippen LogP contribution in [0.25, 0.3) is 0 Å². The number of carbonyl (C=O) groups is 2. The third kappa shape index (κ3) is 23.6. The number of rotatable bonds is 31. The maximum Gasteiger partial charge on any atom is 0.264 e. The van der Waals surface area contributed by atoms with Gasteiger partial charge in [0.1, 0.15) is 25.1 Å². The van der Waals surface area contributed by atoms with Crippen molar-refractivity contribution in [2.75, 3.05) is 47.5 Å². The Morgan fingerprint density at radius 3 is 1.43 bits per heavy atom. The molecule has 0 bridgehead atoms. The number of halogens is 2. The predicted molar refractivity (Wildman–Crippen MR) is 406 cm³/mol. The molecule has 11 aromatic rings. The Morgan fingerprint density at radius 2 is 0.951 bits per heavy atom. The Labute approximate surface area is 613 Å². The fourth-order valence-electron chi connectivity index (χ4n) is 11.3. The van der Waals surface area contributed by atoms with E-state index in [1.54, 1.807) is 58.0 Å². The van der Waals surface area contributed by atoms with Crippen molar-refractivity contribution < 1.29 is 38.0 Å². The average Bonchev–Trinajstić information content (AvgIpc) is 1.20. The molecular weight excluding hydrogens is 1340 g/mol. The molecule has 2 amide bonds. The molecular formula is C85H84Cl2N6O8S. The van der Waals surface area contributed by atoms with Crippen LogP contribution in [0.1, 0.15) is 76.9 Å². The first-order chi connectivity index (χ1) is 50.1. The van der Waals surface area contributed by atoms with Crippen LogP contribution in [0, 0.1) is 0 Å². The molecule has 1 aliphatic rings. The second-order valence-electron chi connectivity index (χ2n) is 24.0. The molecule has 1 aliphatic carbocycles. The summed E-state index contributed by atoms with van der Waals surface area (Å²) in [5, 5.41) is 3.31. The van der Waals surface area contributed by atoms with Crippen molar-refractivity contribution in [3.8, 4) is 23.0 Å². The Bertz CT molecular complexity index is 4380. The molecule has 4 heterocycles. The Balaban J connectivity index is 0.000000165. The van der Waals surface area contributed by atoms with Crippen LogP contribution in [-0.2, 0) is 68.2 Å². The summed E-state index contributed by atoms with van der Waals surface area (Å²) in [7, 11) is 4.96. The lowest BCUT2D eigenvalue weighted by Gasteiger charge is -2.27. The van der Waals surface area contributed by atoms with Gasteiger partial charge >= 0.3 is 0 Å². The standard InChI is InChI=1S/C29H27ClN2O3.C29H31ClN2O2.C27H26N2O3S/c1-34-28-19-23(10-15-27(28)35-21-22-7-3-2-4-8-22)20-32(18-16-26-9-5-6-17-31-26)29(33)24-11-13-25(30)14-12-24;1-33-29-19-24(14-15-28(29)34-22-23-9-3-2-4-10-23)20-32(18-16-26-12-7-8-17-31-26)21-25-11-5-6-13-27(25)30;1-31-25-18-22(12-13-24(25)32-20-21-8-3-2-4-9-21)19-29(27(30)26-11-7-17-33-26)16-14-23-10-5-6-15-28-23/h2-15,17,19H,16,18,20-21H2,1H3;2-14,17,19,28H,15-16,18,20-22H2,1H3;2-13,15,17-18H,14,16,19-20H2,1H3. The van der Waals surface area contributed by atoms with Gasteiger partial charge in [0.25, 0.3) is 11.8 Å². The number of hydrogen-bond acceptors (Lipinski definition) is 13. The number of aromatic nitrogens is 3. The van der Waals surface area contributed by atoms with Crippen LogP contribution in [0.15, 0.2) is 290 Å². The Kier molecular flexibility index (Phi) is 29.3. The van der Waals surface area contributed by atoms with E-state index in [1.807, 2.05) is 216 Å². The van der Waals surface area contributed by atoms with Crippen LogP contribution >= 0.6 is 34.5 Å². The Morgan fingerprint density at radius 1 is 0.461 bits per heavy atom. The van der Waals surface area contributed by atoms with E-state index in [9.17, 15) is 9.59 Å². The van der Waals surface area contributed by atoms with Crippen LogP contribution in [0.4, 0.5) is 0 Å². The van der Waals surface area contributed by atoms with Crippen LogP contribution in [0.3, 0.4) is 0 Å². The molecule has 0 radical (unpaired) electrons. The van der Waals surface area contributed by atoms with Gasteiger partial charge in [0.05, 0.1) is 32.8 Å². The maximum absolute atomic E-state index is 13.4. The Hall–Kier alpha value is -10.4. The summed E-state index contributed by atoms with van der Waals surface area (Å²) in [6.07, 6.45) is 12.7. The molecule has 0 saturated heterocycles. The molecule has 14 nitrogen and oxygen atoms in total. The van der Waals surface area contributed by atoms with Crippen LogP contribution in [-0.4, -0.2) is 95.1 Å². The number of amides is 2. The zero-order valence-electron chi connectivity index (χ0n) is 57.6. The number of pyridine rings is 3. The van der Waals surface area contributed by atoms with Crippen molar-refractivity contribution in [1.29, 1.82) is 0 Å². The first-order valence-corrected chi connectivity index (χ1v) is 35.5. The number of nitrogens with zero attached hydrogens (tertiary/aromatic N) is 6. The number of benzene rings is 7. The topological polar surface area (TPSA) is 138 Å². The van der Waals surface area contributed by atoms with Gasteiger partial charge in [-0.05, 0) is 154 Å². The number of methoxy groups -OCH3 is 3. The largest absolute Gasteiger partial charge is 0.498 e. The smallest absolute Gasteiger partial charge is 0.264 e. The summed E-state index contributed by atoms with van der Waals surface area (Å²) < 4.78 is 35.0. The first-order valence-electron chi connectivity index (χ1n) is 33.9. The van der Waals surface area contributed by atoms with Crippen molar-refractivity contribution in [1.82, 2.24) is 29.7 Å². The quantitative estimate of drug-likeness (QED) is 0.0409. The molecule has 1 atom stereocenters. The highest BCUT2D eigenvalue weighted by atomic mass is 35.5. The second-order valence-corrected chi connectivity index (χ2v) is 25.8. The lowest BCUT2D eigenvalue weighted by atomic mass is 10.0. The molecule has 4 aromatic heterocycles. The van der Waals surface area contributed by atoms with Crippen molar-refractivity contribution in [3.63, 3.8) is 0 Å².